The standard InChI is InChI=1S/C21H20BrN3O4S/c1-12-6-14(22)4-5-18(12)24-19(26)9-15-11-30-21(23-15)25-20(27)13-7-16(28-2)10-17(8-13)29-3/h4-8,10-11H,9H2,1-3H3,(H,24,26)(H,23,25,27). The minimum atomic E-state index is -0.344. The van der Waals surface area contributed by atoms with Crippen LogP contribution in [0.15, 0.2) is 46.3 Å². The second-order valence-corrected chi connectivity index (χ2v) is 8.16. The van der Waals surface area contributed by atoms with Gasteiger partial charge >= 0.3 is 0 Å². The Bertz CT molecular complexity index is 1060. The lowest BCUT2D eigenvalue weighted by molar-refractivity contribution is -0.115. The molecule has 156 valence electrons. The molecule has 0 bridgehead atoms. The lowest BCUT2D eigenvalue weighted by Gasteiger charge is -2.08. The largest absolute Gasteiger partial charge is 0.497 e. The van der Waals surface area contributed by atoms with Crippen molar-refractivity contribution >= 4 is 49.9 Å². The van der Waals surface area contributed by atoms with E-state index < -0.39 is 0 Å². The summed E-state index contributed by atoms with van der Waals surface area (Å²) in [6.45, 7) is 1.92. The van der Waals surface area contributed by atoms with E-state index in [0.29, 0.717) is 27.9 Å². The summed E-state index contributed by atoms with van der Waals surface area (Å²) in [4.78, 5) is 29.2. The highest BCUT2D eigenvalue weighted by molar-refractivity contribution is 9.10. The van der Waals surface area contributed by atoms with Crippen LogP contribution in [-0.4, -0.2) is 31.0 Å². The molecule has 0 spiro atoms. The molecular formula is C21H20BrN3O4S. The van der Waals surface area contributed by atoms with Crippen molar-refractivity contribution in [3.8, 4) is 11.5 Å². The topological polar surface area (TPSA) is 89.6 Å². The normalized spacial score (nSPS) is 10.4. The van der Waals surface area contributed by atoms with Gasteiger partial charge in [0.25, 0.3) is 5.91 Å². The monoisotopic (exact) mass is 489 g/mol. The number of halogens is 1. The van der Waals surface area contributed by atoms with E-state index in [1.54, 1.807) is 23.6 Å². The summed E-state index contributed by atoms with van der Waals surface area (Å²) >= 11 is 4.66. The summed E-state index contributed by atoms with van der Waals surface area (Å²) in [6, 6.07) is 10.5. The van der Waals surface area contributed by atoms with E-state index in [0.717, 1.165) is 15.7 Å². The molecule has 30 heavy (non-hydrogen) atoms. The highest BCUT2D eigenvalue weighted by atomic mass is 79.9. The molecule has 2 N–H and O–H groups in total. The van der Waals surface area contributed by atoms with Crippen LogP contribution in [0.5, 0.6) is 11.5 Å². The number of amides is 2. The number of anilines is 2. The molecule has 0 aliphatic rings. The van der Waals surface area contributed by atoms with Gasteiger partial charge < -0.3 is 14.8 Å². The molecule has 0 radical (unpaired) electrons. The van der Waals surface area contributed by atoms with E-state index >= 15 is 0 Å². The maximum Gasteiger partial charge on any atom is 0.257 e. The number of hydrogen-bond donors (Lipinski definition) is 2. The van der Waals surface area contributed by atoms with Crippen LogP contribution < -0.4 is 20.1 Å². The number of carbonyl (C=O) groups excluding carboxylic acids is 2. The van der Waals surface area contributed by atoms with Crippen molar-refractivity contribution in [2.75, 3.05) is 24.9 Å². The van der Waals surface area contributed by atoms with Crippen LogP contribution in [0, 0.1) is 6.92 Å². The predicted octanol–water partition coefficient (Wildman–Crippen LogP) is 4.66. The Morgan fingerprint density at radius 1 is 1.07 bits per heavy atom. The molecule has 2 amide bonds. The molecule has 0 unspecified atom stereocenters. The van der Waals surface area contributed by atoms with Crippen LogP contribution in [0.3, 0.4) is 0 Å². The second-order valence-electron chi connectivity index (χ2n) is 6.38. The van der Waals surface area contributed by atoms with Gasteiger partial charge in [-0.15, -0.1) is 11.3 Å². The fraction of sp³-hybridized carbons (Fsp3) is 0.190. The molecule has 0 aliphatic heterocycles. The van der Waals surface area contributed by atoms with Gasteiger partial charge in [-0.3, -0.25) is 14.9 Å². The molecule has 0 aliphatic carbocycles. The first kappa shape index (κ1) is 21.8. The lowest BCUT2D eigenvalue weighted by atomic mass is 10.2. The minimum absolute atomic E-state index is 0.106. The second kappa shape index (κ2) is 9.73. The van der Waals surface area contributed by atoms with Crippen molar-refractivity contribution in [1.82, 2.24) is 4.98 Å². The fourth-order valence-corrected chi connectivity index (χ4v) is 3.86. The van der Waals surface area contributed by atoms with Crippen molar-refractivity contribution in [1.29, 1.82) is 0 Å². The van der Waals surface area contributed by atoms with Crippen molar-refractivity contribution in [2.45, 2.75) is 13.3 Å². The highest BCUT2D eigenvalue weighted by Gasteiger charge is 2.14. The number of aromatic nitrogens is 1. The fourth-order valence-electron chi connectivity index (χ4n) is 2.68. The maximum absolute atomic E-state index is 12.5. The smallest absolute Gasteiger partial charge is 0.257 e. The number of benzene rings is 2. The number of carbonyl (C=O) groups is 2. The molecule has 1 heterocycles. The van der Waals surface area contributed by atoms with Crippen LogP contribution >= 0.6 is 27.3 Å². The third-order valence-corrected chi connectivity index (χ3v) is 5.49. The minimum Gasteiger partial charge on any atom is -0.497 e. The Morgan fingerprint density at radius 3 is 2.40 bits per heavy atom. The number of thiazole rings is 1. The molecule has 3 rings (SSSR count). The third kappa shape index (κ3) is 5.58. The van der Waals surface area contributed by atoms with Crippen molar-refractivity contribution < 1.29 is 19.1 Å². The van der Waals surface area contributed by atoms with Gasteiger partial charge in [-0.1, -0.05) is 15.9 Å². The first-order valence-corrected chi connectivity index (χ1v) is 10.6. The average molecular weight is 490 g/mol. The molecule has 1 aromatic heterocycles. The summed E-state index contributed by atoms with van der Waals surface area (Å²) in [6.07, 6.45) is 0.106. The lowest BCUT2D eigenvalue weighted by Crippen LogP contribution is -2.16. The van der Waals surface area contributed by atoms with Crippen molar-refractivity contribution in [2.24, 2.45) is 0 Å². The van der Waals surface area contributed by atoms with Crippen LogP contribution in [0.4, 0.5) is 10.8 Å². The summed E-state index contributed by atoms with van der Waals surface area (Å²) < 4.78 is 11.3. The molecule has 0 saturated carbocycles. The van der Waals surface area contributed by atoms with Gasteiger partial charge in [-0.25, -0.2) is 4.98 Å². The number of aryl methyl sites for hydroxylation is 1. The van der Waals surface area contributed by atoms with Crippen molar-refractivity contribution in [3.63, 3.8) is 0 Å². The van der Waals surface area contributed by atoms with E-state index in [1.807, 2.05) is 25.1 Å². The summed E-state index contributed by atoms with van der Waals surface area (Å²) in [5.74, 6) is 0.502. The van der Waals surface area contributed by atoms with E-state index in [-0.39, 0.29) is 18.2 Å². The van der Waals surface area contributed by atoms with Crippen molar-refractivity contribution in [3.05, 3.63) is 63.1 Å². The van der Waals surface area contributed by atoms with Crippen LogP contribution in [0.25, 0.3) is 0 Å². The molecule has 7 nitrogen and oxygen atoms in total. The molecule has 0 saturated heterocycles. The number of rotatable bonds is 7. The highest BCUT2D eigenvalue weighted by Crippen LogP contribution is 2.24. The number of methoxy groups -OCH3 is 2. The maximum atomic E-state index is 12.5. The van der Waals surface area contributed by atoms with Gasteiger partial charge in [0.2, 0.25) is 5.91 Å². The summed E-state index contributed by atoms with van der Waals surface area (Å²) in [5.41, 5.74) is 2.66. The zero-order chi connectivity index (χ0) is 21.7. The number of hydrogen-bond acceptors (Lipinski definition) is 6. The molecule has 9 heteroatoms. The third-order valence-electron chi connectivity index (χ3n) is 4.19. The van der Waals surface area contributed by atoms with Gasteiger partial charge in [0.05, 0.1) is 26.3 Å². The summed E-state index contributed by atoms with van der Waals surface area (Å²) in [5, 5.41) is 7.77. The Balaban J connectivity index is 1.63. The van der Waals surface area contributed by atoms with Gasteiger partial charge in [-0.2, -0.15) is 0 Å². The number of nitrogens with zero attached hydrogens (tertiary/aromatic N) is 1. The van der Waals surface area contributed by atoms with Gasteiger partial charge in [0.15, 0.2) is 5.13 Å². The molecule has 0 fully saturated rings. The predicted molar refractivity (Wildman–Crippen MR) is 121 cm³/mol. The number of nitrogens with one attached hydrogen (secondary N) is 2. The molecular weight excluding hydrogens is 470 g/mol. The van der Waals surface area contributed by atoms with E-state index in [2.05, 4.69) is 31.5 Å². The van der Waals surface area contributed by atoms with Gasteiger partial charge in [0.1, 0.15) is 11.5 Å². The first-order chi connectivity index (χ1) is 14.4. The molecule has 2 aromatic carbocycles. The van der Waals surface area contributed by atoms with Crippen LogP contribution in [0.2, 0.25) is 0 Å². The van der Waals surface area contributed by atoms with E-state index in [1.165, 1.54) is 25.6 Å². The Morgan fingerprint density at radius 2 is 1.77 bits per heavy atom. The first-order valence-electron chi connectivity index (χ1n) is 8.92. The zero-order valence-electron chi connectivity index (χ0n) is 16.6. The van der Waals surface area contributed by atoms with Crippen LogP contribution in [-0.2, 0) is 11.2 Å². The zero-order valence-corrected chi connectivity index (χ0v) is 19.0. The Hall–Kier alpha value is -2.91. The quantitative estimate of drug-likeness (QED) is 0.503. The SMILES string of the molecule is COc1cc(OC)cc(C(=O)Nc2nc(CC(=O)Nc3ccc(Br)cc3C)cs2)c1. The average Bonchev–Trinajstić information content (AvgIpc) is 3.16. The van der Waals surface area contributed by atoms with E-state index in [4.69, 9.17) is 9.47 Å². The van der Waals surface area contributed by atoms with Crippen LogP contribution in [0.1, 0.15) is 21.6 Å². The Kier molecular flexibility index (Phi) is 7.07. The van der Waals surface area contributed by atoms with E-state index in [9.17, 15) is 9.59 Å². The molecule has 3 aromatic rings. The Labute approximate surface area is 186 Å². The van der Waals surface area contributed by atoms with Gasteiger partial charge in [-0.05, 0) is 42.8 Å². The van der Waals surface area contributed by atoms with Gasteiger partial charge in [0, 0.05) is 27.2 Å². The summed E-state index contributed by atoms with van der Waals surface area (Å²) in [7, 11) is 3.04. The molecule has 0 atom stereocenters. The number of ether oxygens (including phenoxy) is 2.